The first-order valence-electron chi connectivity index (χ1n) is 12.0. The third-order valence-corrected chi connectivity index (χ3v) is 7.01. The Hall–Kier alpha value is -4.67. The second-order valence-electron chi connectivity index (χ2n) is 9.17. The van der Waals surface area contributed by atoms with E-state index in [-0.39, 0.29) is 0 Å². The van der Waals surface area contributed by atoms with Crippen LogP contribution in [-0.2, 0) is 19.1 Å². The van der Waals surface area contributed by atoms with Crippen LogP contribution in [0.25, 0.3) is 22.0 Å². The maximum Gasteiger partial charge on any atom is 0.214 e. The third kappa shape index (κ3) is 3.70. The van der Waals surface area contributed by atoms with Gasteiger partial charge in [0.25, 0.3) is 0 Å². The highest BCUT2D eigenvalue weighted by atomic mass is 16.5. The second kappa shape index (κ2) is 8.77. The molecule has 3 aromatic carbocycles. The molecule has 182 valence electrons. The first-order chi connectivity index (χ1) is 18.0. The first kappa shape index (κ1) is 22.8. The molecule has 6 bridgehead atoms. The number of rotatable bonds is 2. The summed E-state index contributed by atoms with van der Waals surface area (Å²) in [7, 11) is 3.45. The maximum atomic E-state index is 12.5. The lowest BCUT2D eigenvalue weighted by molar-refractivity contribution is 0.117. The molecule has 0 saturated heterocycles. The lowest BCUT2D eigenvalue weighted by atomic mass is 9.82. The fraction of sp³-hybridized carbons (Fsp3) is 0.167. The van der Waals surface area contributed by atoms with Crippen molar-refractivity contribution >= 4 is 10.9 Å². The van der Waals surface area contributed by atoms with Gasteiger partial charge >= 0.3 is 0 Å². The van der Waals surface area contributed by atoms with Gasteiger partial charge in [0.2, 0.25) is 5.88 Å². The van der Waals surface area contributed by atoms with Crippen molar-refractivity contribution in [3.63, 3.8) is 0 Å². The van der Waals surface area contributed by atoms with Crippen molar-refractivity contribution in [1.29, 1.82) is 5.26 Å². The molecule has 37 heavy (non-hydrogen) atoms. The Balaban J connectivity index is 1.72. The number of hydrogen-bond donors (Lipinski definition) is 1. The van der Waals surface area contributed by atoms with Crippen LogP contribution < -0.4 is 9.47 Å². The molecule has 0 radical (unpaired) electrons. The zero-order chi connectivity index (χ0) is 25.6. The summed E-state index contributed by atoms with van der Waals surface area (Å²) < 4.78 is 13.4. The summed E-state index contributed by atoms with van der Waals surface area (Å²) in [5, 5.41) is 23.1. The van der Waals surface area contributed by atoms with Crippen LogP contribution in [0.3, 0.4) is 0 Å². The van der Waals surface area contributed by atoms with E-state index < -0.39 is 5.60 Å². The minimum Gasteiger partial charge on any atom is -0.492 e. The Morgan fingerprint density at radius 2 is 1.92 bits per heavy atom. The zero-order valence-corrected chi connectivity index (χ0v) is 20.5. The van der Waals surface area contributed by atoms with Crippen LogP contribution in [0.5, 0.6) is 11.6 Å². The van der Waals surface area contributed by atoms with Crippen molar-refractivity contribution in [2.45, 2.75) is 12.0 Å². The molecule has 1 unspecified atom stereocenters. The van der Waals surface area contributed by atoms with E-state index in [9.17, 15) is 10.4 Å². The number of ether oxygens (including phenoxy) is 2. The van der Waals surface area contributed by atoms with Gasteiger partial charge in [0.05, 0.1) is 43.0 Å². The van der Waals surface area contributed by atoms with E-state index >= 15 is 0 Å². The number of aliphatic hydroxyl groups is 1. The monoisotopic (exact) mass is 488 g/mol. The molecule has 5 aromatic rings. The van der Waals surface area contributed by atoms with E-state index in [1.807, 2.05) is 37.4 Å². The van der Waals surface area contributed by atoms with E-state index in [0.717, 1.165) is 27.6 Å². The molecule has 0 fully saturated rings. The van der Waals surface area contributed by atoms with Gasteiger partial charge in [-0.15, -0.1) is 0 Å². The molecule has 0 amide bonds. The lowest BCUT2D eigenvalue weighted by Crippen LogP contribution is -2.31. The fourth-order valence-electron chi connectivity index (χ4n) is 5.07. The van der Waals surface area contributed by atoms with Crippen molar-refractivity contribution in [3.05, 3.63) is 107 Å². The minimum atomic E-state index is -1.57. The summed E-state index contributed by atoms with van der Waals surface area (Å²) in [6, 6.07) is 23.4. The number of fused-ring (bicyclic) bond motifs is 6. The highest BCUT2D eigenvalue weighted by Crippen LogP contribution is 2.41. The van der Waals surface area contributed by atoms with Crippen LogP contribution in [-0.4, -0.2) is 33.4 Å². The molecule has 1 aliphatic heterocycles. The summed E-state index contributed by atoms with van der Waals surface area (Å²) in [6.45, 7) is 0.381. The van der Waals surface area contributed by atoms with Crippen LogP contribution in [0, 0.1) is 11.3 Å². The van der Waals surface area contributed by atoms with E-state index in [0.29, 0.717) is 47.0 Å². The predicted molar refractivity (Wildman–Crippen MR) is 139 cm³/mol. The van der Waals surface area contributed by atoms with Crippen LogP contribution in [0.1, 0.15) is 27.9 Å². The molecule has 7 heteroatoms. The second-order valence-corrected chi connectivity index (χ2v) is 9.17. The molecule has 0 saturated carbocycles. The number of pyridine rings is 1. The van der Waals surface area contributed by atoms with E-state index in [1.54, 1.807) is 42.4 Å². The van der Waals surface area contributed by atoms with Gasteiger partial charge in [0, 0.05) is 24.9 Å². The molecule has 0 aliphatic carbocycles. The lowest BCUT2D eigenvalue weighted by Gasteiger charge is -2.30. The maximum absolute atomic E-state index is 12.5. The zero-order valence-electron chi connectivity index (χ0n) is 20.5. The summed E-state index contributed by atoms with van der Waals surface area (Å²) in [6.07, 6.45) is 3.97. The van der Waals surface area contributed by atoms with E-state index in [1.165, 1.54) is 0 Å². The fourth-order valence-corrected chi connectivity index (χ4v) is 5.07. The van der Waals surface area contributed by atoms with E-state index in [2.05, 4.69) is 34.2 Å². The number of benzene rings is 3. The molecule has 1 aliphatic rings. The largest absolute Gasteiger partial charge is 0.492 e. The van der Waals surface area contributed by atoms with Crippen molar-refractivity contribution in [2.24, 2.45) is 7.05 Å². The number of imidazole rings is 1. The van der Waals surface area contributed by atoms with Gasteiger partial charge in [-0.1, -0.05) is 36.4 Å². The van der Waals surface area contributed by atoms with Gasteiger partial charge in [0.15, 0.2) is 5.60 Å². The molecule has 1 N–H and O–H groups in total. The quantitative estimate of drug-likeness (QED) is 0.386. The normalized spacial score (nSPS) is 16.6. The van der Waals surface area contributed by atoms with Gasteiger partial charge < -0.3 is 19.1 Å². The van der Waals surface area contributed by atoms with Crippen molar-refractivity contribution in [1.82, 2.24) is 14.5 Å². The average Bonchev–Trinajstić information content (AvgIpc) is 3.37. The van der Waals surface area contributed by atoms with Crippen LogP contribution >= 0.6 is 0 Å². The topological polar surface area (TPSA) is 93.2 Å². The highest BCUT2D eigenvalue weighted by molar-refractivity contribution is 5.96. The Kier molecular flexibility index (Phi) is 5.40. The highest BCUT2D eigenvalue weighted by Gasteiger charge is 2.37. The van der Waals surface area contributed by atoms with Crippen LogP contribution in [0.4, 0.5) is 0 Å². The molecule has 1 atom stereocenters. The van der Waals surface area contributed by atoms with Gasteiger partial charge in [-0.05, 0) is 52.1 Å². The van der Waals surface area contributed by atoms with E-state index in [4.69, 9.17) is 9.47 Å². The number of nitriles is 1. The molecule has 0 spiro atoms. The SMILES string of the molecule is COc1cc2c3cc(ccc3n1)C(O)(c1cncn1C)c1ccc(C#N)c(c1)OCCc1cccc-2c1. The predicted octanol–water partition coefficient (Wildman–Crippen LogP) is 4.73. The number of nitrogens with zero attached hydrogens (tertiary/aromatic N) is 4. The van der Waals surface area contributed by atoms with Crippen molar-refractivity contribution in [3.8, 4) is 28.8 Å². The van der Waals surface area contributed by atoms with Gasteiger partial charge in [-0.25, -0.2) is 9.97 Å². The number of methoxy groups -OCH3 is 1. The standard InChI is InChI=1S/C30H24N4O3/c1-34-18-32-17-28(34)30(35)22-8-9-26-25(13-22)24(15-29(33-26)36-2)20-5-3-4-19(12-20)10-11-37-27-14-23(30)7-6-21(27)16-31/h3-9,12-15,17-18,35H,10-11H2,1-2H3. The Morgan fingerprint density at radius 1 is 1.08 bits per heavy atom. The van der Waals surface area contributed by atoms with Crippen LogP contribution in [0.15, 0.2) is 79.3 Å². The van der Waals surface area contributed by atoms with Gasteiger partial charge in [-0.3, -0.25) is 0 Å². The van der Waals surface area contributed by atoms with Gasteiger partial charge in [-0.2, -0.15) is 5.26 Å². The Labute approximate surface area is 214 Å². The molecule has 7 nitrogen and oxygen atoms in total. The minimum absolute atomic E-state index is 0.381. The molecular formula is C30H24N4O3. The summed E-state index contributed by atoms with van der Waals surface area (Å²) >= 11 is 0. The van der Waals surface area contributed by atoms with Gasteiger partial charge in [0.1, 0.15) is 11.8 Å². The van der Waals surface area contributed by atoms with Crippen molar-refractivity contribution < 1.29 is 14.6 Å². The third-order valence-electron chi connectivity index (χ3n) is 7.01. The molecule has 6 rings (SSSR count). The van der Waals surface area contributed by atoms with Crippen LogP contribution in [0.2, 0.25) is 0 Å². The number of aromatic nitrogens is 3. The molecule has 2 aromatic heterocycles. The Morgan fingerprint density at radius 3 is 2.70 bits per heavy atom. The number of aryl methyl sites for hydroxylation is 1. The average molecular weight is 489 g/mol. The Bertz CT molecular complexity index is 1700. The summed E-state index contributed by atoms with van der Waals surface area (Å²) in [5.74, 6) is 0.949. The van der Waals surface area contributed by atoms with Crippen molar-refractivity contribution in [2.75, 3.05) is 13.7 Å². The smallest absolute Gasteiger partial charge is 0.214 e. The molecular weight excluding hydrogens is 464 g/mol. The summed E-state index contributed by atoms with van der Waals surface area (Å²) in [5.41, 5.74) is 4.46. The number of hydrogen-bond acceptors (Lipinski definition) is 6. The summed E-state index contributed by atoms with van der Waals surface area (Å²) in [4.78, 5) is 8.95. The first-order valence-corrected chi connectivity index (χ1v) is 12.0. The molecule has 3 heterocycles.